The molecule has 1 saturated carbocycles. The van der Waals surface area contributed by atoms with Crippen LogP contribution in [-0.4, -0.2) is 12.5 Å². The van der Waals surface area contributed by atoms with Crippen molar-refractivity contribution in [3.05, 3.63) is 35.6 Å². The van der Waals surface area contributed by atoms with E-state index in [0.29, 0.717) is 12.5 Å². The van der Waals surface area contributed by atoms with Gasteiger partial charge in [0, 0.05) is 12.5 Å². The Hall–Kier alpha value is -1.38. The Kier molecular flexibility index (Phi) is 3.46. The monoisotopic (exact) mass is 235 g/mol. The highest BCUT2D eigenvalue weighted by Gasteiger charge is 2.38. The molecule has 1 fully saturated rings. The SMILES string of the molecule is CC(CNC(=O)C1CC1C)c1ccc(F)cc1. The van der Waals surface area contributed by atoms with Gasteiger partial charge in [-0.3, -0.25) is 4.79 Å². The number of nitrogens with one attached hydrogen (secondary N) is 1. The summed E-state index contributed by atoms with van der Waals surface area (Å²) in [5.41, 5.74) is 1.05. The molecular weight excluding hydrogens is 217 g/mol. The highest BCUT2D eigenvalue weighted by molar-refractivity contribution is 5.81. The average molecular weight is 235 g/mol. The molecule has 1 aliphatic carbocycles. The highest BCUT2D eigenvalue weighted by Crippen LogP contribution is 2.37. The van der Waals surface area contributed by atoms with Crippen LogP contribution in [0.15, 0.2) is 24.3 Å². The molecule has 1 amide bonds. The lowest BCUT2D eigenvalue weighted by atomic mass is 10.0. The third-order valence-electron chi connectivity index (χ3n) is 3.47. The summed E-state index contributed by atoms with van der Waals surface area (Å²) < 4.78 is 12.8. The zero-order chi connectivity index (χ0) is 12.4. The zero-order valence-electron chi connectivity index (χ0n) is 10.2. The van der Waals surface area contributed by atoms with Crippen molar-refractivity contribution in [2.24, 2.45) is 11.8 Å². The molecule has 1 aromatic rings. The van der Waals surface area contributed by atoms with E-state index in [0.717, 1.165) is 12.0 Å². The minimum absolute atomic E-state index is 0.159. The fraction of sp³-hybridized carbons (Fsp3) is 0.500. The van der Waals surface area contributed by atoms with Crippen molar-refractivity contribution in [2.45, 2.75) is 26.2 Å². The molecule has 1 N–H and O–H groups in total. The Morgan fingerprint density at radius 1 is 1.47 bits per heavy atom. The van der Waals surface area contributed by atoms with E-state index in [9.17, 15) is 9.18 Å². The van der Waals surface area contributed by atoms with Gasteiger partial charge in [-0.25, -0.2) is 4.39 Å². The van der Waals surface area contributed by atoms with E-state index < -0.39 is 0 Å². The number of benzene rings is 1. The first kappa shape index (κ1) is 12.1. The van der Waals surface area contributed by atoms with Crippen LogP contribution in [0.4, 0.5) is 4.39 Å². The summed E-state index contributed by atoms with van der Waals surface area (Å²) in [5, 5.41) is 2.96. The minimum atomic E-state index is -0.225. The summed E-state index contributed by atoms with van der Waals surface area (Å²) in [5.74, 6) is 0.906. The van der Waals surface area contributed by atoms with Gasteiger partial charge in [0.05, 0.1) is 0 Å². The number of halogens is 1. The summed E-state index contributed by atoms with van der Waals surface area (Å²) in [7, 11) is 0. The molecule has 0 radical (unpaired) electrons. The molecule has 2 rings (SSSR count). The molecule has 1 aliphatic rings. The van der Waals surface area contributed by atoms with Crippen LogP contribution in [0.5, 0.6) is 0 Å². The summed E-state index contributed by atoms with van der Waals surface area (Å²) in [6.07, 6.45) is 1.01. The molecule has 0 aliphatic heterocycles. The van der Waals surface area contributed by atoms with E-state index in [4.69, 9.17) is 0 Å². The Bertz CT molecular complexity index is 401. The molecule has 92 valence electrons. The molecule has 0 spiro atoms. The second kappa shape index (κ2) is 4.86. The standard InChI is InChI=1S/C14H18FNO/c1-9-7-13(9)14(17)16-8-10(2)11-3-5-12(15)6-4-11/h3-6,9-10,13H,7-8H2,1-2H3,(H,16,17). The molecule has 0 bridgehead atoms. The van der Waals surface area contributed by atoms with Crippen molar-refractivity contribution in [1.82, 2.24) is 5.32 Å². The van der Waals surface area contributed by atoms with Crippen molar-refractivity contribution < 1.29 is 9.18 Å². The Labute approximate surface area is 101 Å². The van der Waals surface area contributed by atoms with Crippen molar-refractivity contribution in [3.63, 3.8) is 0 Å². The number of rotatable bonds is 4. The second-order valence-electron chi connectivity index (χ2n) is 5.02. The fourth-order valence-electron chi connectivity index (χ4n) is 1.98. The van der Waals surface area contributed by atoms with Crippen molar-refractivity contribution in [1.29, 1.82) is 0 Å². The van der Waals surface area contributed by atoms with Crippen molar-refractivity contribution in [2.75, 3.05) is 6.54 Å². The number of carbonyl (C=O) groups is 1. The fourth-order valence-corrected chi connectivity index (χ4v) is 1.98. The maximum absolute atomic E-state index is 12.8. The largest absolute Gasteiger partial charge is 0.355 e. The van der Waals surface area contributed by atoms with E-state index in [2.05, 4.69) is 12.2 Å². The van der Waals surface area contributed by atoms with Crippen LogP contribution in [0.1, 0.15) is 31.7 Å². The molecule has 3 atom stereocenters. The van der Waals surface area contributed by atoms with Crippen molar-refractivity contribution in [3.8, 4) is 0 Å². The van der Waals surface area contributed by atoms with E-state index in [1.165, 1.54) is 12.1 Å². The van der Waals surface area contributed by atoms with Gasteiger partial charge < -0.3 is 5.32 Å². The lowest BCUT2D eigenvalue weighted by molar-refractivity contribution is -0.122. The maximum Gasteiger partial charge on any atom is 0.223 e. The Balaban J connectivity index is 1.82. The molecule has 0 aromatic heterocycles. The average Bonchev–Trinajstić information content (AvgIpc) is 3.04. The Morgan fingerprint density at radius 3 is 2.59 bits per heavy atom. The van der Waals surface area contributed by atoms with Gasteiger partial charge in [-0.05, 0) is 36.0 Å². The van der Waals surface area contributed by atoms with Crippen LogP contribution >= 0.6 is 0 Å². The number of hydrogen-bond donors (Lipinski definition) is 1. The molecule has 2 nitrogen and oxygen atoms in total. The molecule has 0 saturated heterocycles. The van der Waals surface area contributed by atoms with E-state index in [-0.39, 0.29) is 23.6 Å². The first-order chi connectivity index (χ1) is 8.08. The van der Waals surface area contributed by atoms with Crippen LogP contribution in [-0.2, 0) is 4.79 Å². The van der Waals surface area contributed by atoms with Gasteiger partial charge >= 0.3 is 0 Å². The predicted octanol–water partition coefficient (Wildman–Crippen LogP) is 2.70. The van der Waals surface area contributed by atoms with Crippen LogP contribution < -0.4 is 5.32 Å². The van der Waals surface area contributed by atoms with E-state index >= 15 is 0 Å². The van der Waals surface area contributed by atoms with Crippen LogP contribution in [0.2, 0.25) is 0 Å². The summed E-state index contributed by atoms with van der Waals surface area (Å²) in [4.78, 5) is 11.6. The maximum atomic E-state index is 12.8. The van der Waals surface area contributed by atoms with Gasteiger partial charge in [-0.1, -0.05) is 26.0 Å². The highest BCUT2D eigenvalue weighted by atomic mass is 19.1. The van der Waals surface area contributed by atoms with Gasteiger partial charge in [0.15, 0.2) is 0 Å². The summed E-state index contributed by atoms with van der Waals surface area (Å²) in [6.45, 7) is 4.74. The van der Waals surface area contributed by atoms with E-state index in [1.807, 2.05) is 6.92 Å². The lowest BCUT2D eigenvalue weighted by Crippen LogP contribution is -2.29. The molecule has 0 heterocycles. The molecule has 3 heteroatoms. The van der Waals surface area contributed by atoms with Crippen LogP contribution in [0, 0.1) is 17.7 Å². The van der Waals surface area contributed by atoms with E-state index in [1.54, 1.807) is 12.1 Å². The minimum Gasteiger partial charge on any atom is -0.355 e. The first-order valence-corrected chi connectivity index (χ1v) is 6.11. The predicted molar refractivity (Wildman–Crippen MR) is 65.1 cm³/mol. The third-order valence-corrected chi connectivity index (χ3v) is 3.47. The van der Waals surface area contributed by atoms with Gasteiger partial charge in [0.25, 0.3) is 0 Å². The quantitative estimate of drug-likeness (QED) is 0.854. The molecule has 1 aromatic carbocycles. The van der Waals surface area contributed by atoms with Gasteiger partial charge in [-0.2, -0.15) is 0 Å². The second-order valence-corrected chi connectivity index (χ2v) is 5.02. The molecule has 17 heavy (non-hydrogen) atoms. The number of carbonyl (C=O) groups excluding carboxylic acids is 1. The first-order valence-electron chi connectivity index (χ1n) is 6.11. The van der Waals surface area contributed by atoms with Crippen LogP contribution in [0.25, 0.3) is 0 Å². The Morgan fingerprint density at radius 2 is 2.06 bits per heavy atom. The summed E-state index contributed by atoms with van der Waals surface area (Å²) >= 11 is 0. The number of hydrogen-bond acceptors (Lipinski definition) is 1. The smallest absolute Gasteiger partial charge is 0.223 e. The number of amides is 1. The summed E-state index contributed by atoms with van der Waals surface area (Å²) in [6, 6.07) is 6.45. The van der Waals surface area contributed by atoms with Gasteiger partial charge in [0.2, 0.25) is 5.91 Å². The third kappa shape index (κ3) is 3.05. The van der Waals surface area contributed by atoms with Gasteiger partial charge in [-0.15, -0.1) is 0 Å². The van der Waals surface area contributed by atoms with Crippen LogP contribution in [0.3, 0.4) is 0 Å². The molecular formula is C14H18FNO. The normalized spacial score (nSPS) is 24.2. The molecule has 3 unspecified atom stereocenters. The van der Waals surface area contributed by atoms with Crippen molar-refractivity contribution >= 4 is 5.91 Å². The zero-order valence-corrected chi connectivity index (χ0v) is 10.2. The van der Waals surface area contributed by atoms with Gasteiger partial charge in [0.1, 0.15) is 5.82 Å². The lowest BCUT2D eigenvalue weighted by Gasteiger charge is -2.13. The topological polar surface area (TPSA) is 29.1 Å².